The first-order chi connectivity index (χ1) is 15.1. The van der Waals surface area contributed by atoms with E-state index in [0.29, 0.717) is 17.8 Å². The second-order valence-electron chi connectivity index (χ2n) is 7.11. The van der Waals surface area contributed by atoms with Crippen molar-refractivity contribution < 1.29 is 9.53 Å². The smallest absolute Gasteiger partial charge is 0.277 e. The van der Waals surface area contributed by atoms with Crippen LogP contribution < -0.4 is 15.6 Å². The second-order valence-corrected chi connectivity index (χ2v) is 7.11. The van der Waals surface area contributed by atoms with Crippen LogP contribution in [0.4, 0.5) is 5.69 Å². The number of para-hydroxylation sites is 1. The van der Waals surface area contributed by atoms with Crippen molar-refractivity contribution in [2.45, 2.75) is 26.8 Å². The molecule has 2 aromatic heterocycles. The Balaban J connectivity index is 1.56. The van der Waals surface area contributed by atoms with Crippen LogP contribution in [0.2, 0.25) is 0 Å². The third kappa shape index (κ3) is 4.35. The lowest BCUT2D eigenvalue weighted by molar-refractivity contribution is -0.116. The average Bonchev–Trinajstić information content (AvgIpc) is 3.22. The number of aryl methyl sites for hydroxylation is 1. The Bertz CT molecular complexity index is 1270. The number of amides is 1. The SMILES string of the molecule is CCOc1ccc(-c2cc3c(=O)n(CC(=O)Nc4ccccc4CC)ccn3n2)cc1. The molecule has 0 aliphatic rings. The summed E-state index contributed by atoms with van der Waals surface area (Å²) in [6, 6.07) is 17.0. The summed E-state index contributed by atoms with van der Waals surface area (Å²) in [6.45, 7) is 4.50. The van der Waals surface area contributed by atoms with Gasteiger partial charge in [0.15, 0.2) is 0 Å². The third-order valence-corrected chi connectivity index (χ3v) is 5.05. The molecule has 1 amide bonds. The van der Waals surface area contributed by atoms with Gasteiger partial charge in [-0.05, 0) is 55.3 Å². The minimum atomic E-state index is -0.272. The molecule has 7 nitrogen and oxygen atoms in total. The Hall–Kier alpha value is -3.87. The number of hydrogen-bond acceptors (Lipinski definition) is 4. The maximum atomic E-state index is 12.9. The Morgan fingerprint density at radius 3 is 2.58 bits per heavy atom. The number of fused-ring (bicyclic) bond motifs is 1. The van der Waals surface area contributed by atoms with Crippen molar-refractivity contribution in [2.24, 2.45) is 0 Å². The van der Waals surface area contributed by atoms with E-state index in [-0.39, 0.29) is 18.0 Å². The van der Waals surface area contributed by atoms with Gasteiger partial charge in [0, 0.05) is 23.6 Å². The fourth-order valence-electron chi connectivity index (χ4n) is 3.48. The first kappa shape index (κ1) is 20.4. The Morgan fingerprint density at radius 1 is 1.06 bits per heavy atom. The summed E-state index contributed by atoms with van der Waals surface area (Å²) in [5.41, 5.74) is 3.52. The van der Waals surface area contributed by atoms with Crippen molar-refractivity contribution in [3.63, 3.8) is 0 Å². The zero-order chi connectivity index (χ0) is 21.8. The van der Waals surface area contributed by atoms with Crippen molar-refractivity contribution in [3.8, 4) is 17.0 Å². The summed E-state index contributed by atoms with van der Waals surface area (Å²) in [5.74, 6) is 0.534. The van der Waals surface area contributed by atoms with E-state index < -0.39 is 0 Å². The summed E-state index contributed by atoms with van der Waals surface area (Å²) in [4.78, 5) is 25.5. The number of aromatic nitrogens is 3. The zero-order valence-corrected chi connectivity index (χ0v) is 17.5. The average molecular weight is 416 g/mol. The predicted molar refractivity (Wildman–Crippen MR) is 121 cm³/mol. The van der Waals surface area contributed by atoms with E-state index in [4.69, 9.17) is 4.74 Å². The van der Waals surface area contributed by atoms with Crippen molar-refractivity contribution in [1.29, 1.82) is 0 Å². The van der Waals surface area contributed by atoms with E-state index in [1.165, 1.54) is 9.08 Å². The number of nitrogens with zero attached hydrogens (tertiary/aromatic N) is 3. The molecular weight excluding hydrogens is 392 g/mol. The topological polar surface area (TPSA) is 77.6 Å². The summed E-state index contributed by atoms with van der Waals surface area (Å²) in [5, 5.41) is 7.39. The van der Waals surface area contributed by atoms with Gasteiger partial charge in [0.05, 0.1) is 12.3 Å². The normalized spacial score (nSPS) is 10.9. The number of carbonyl (C=O) groups excluding carboxylic acids is 1. The lowest BCUT2D eigenvalue weighted by Crippen LogP contribution is -2.28. The van der Waals surface area contributed by atoms with E-state index in [0.717, 1.165) is 29.0 Å². The molecule has 1 N–H and O–H groups in total. The van der Waals surface area contributed by atoms with Crippen LogP contribution >= 0.6 is 0 Å². The highest BCUT2D eigenvalue weighted by molar-refractivity contribution is 5.91. The number of anilines is 1. The molecule has 31 heavy (non-hydrogen) atoms. The van der Waals surface area contributed by atoms with Crippen molar-refractivity contribution in [1.82, 2.24) is 14.2 Å². The van der Waals surface area contributed by atoms with Gasteiger partial charge in [0.1, 0.15) is 17.8 Å². The largest absolute Gasteiger partial charge is 0.494 e. The molecule has 0 bridgehead atoms. The van der Waals surface area contributed by atoms with E-state index in [2.05, 4.69) is 10.4 Å². The van der Waals surface area contributed by atoms with Crippen LogP contribution in [0.25, 0.3) is 16.8 Å². The standard InChI is InChI=1S/C24H24N4O3/c1-3-17-7-5-6-8-20(17)25-23(29)16-27-13-14-28-22(24(27)30)15-21(26-28)18-9-11-19(12-10-18)31-4-2/h5-15H,3-4,16H2,1-2H3,(H,25,29). The maximum Gasteiger partial charge on any atom is 0.277 e. The number of hydrogen-bond donors (Lipinski definition) is 1. The second kappa shape index (κ2) is 8.87. The zero-order valence-electron chi connectivity index (χ0n) is 17.5. The van der Waals surface area contributed by atoms with Crippen LogP contribution in [-0.2, 0) is 17.8 Å². The summed E-state index contributed by atoms with van der Waals surface area (Å²) in [6.07, 6.45) is 4.07. The van der Waals surface area contributed by atoms with E-state index in [9.17, 15) is 9.59 Å². The molecule has 2 aromatic carbocycles. The third-order valence-electron chi connectivity index (χ3n) is 5.05. The molecule has 0 unspecified atom stereocenters. The molecule has 4 aromatic rings. The molecule has 158 valence electrons. The van der Waals surface area contributed by atoms with Gasteiger partial charge in [-0.3, -0.25) is 9.59 Å². The first-order valence-corrected chi connectivity index (χ1v) is 10.3. The first-order valence-electron chi connectivity index (χ1n) is 10.3. The quantitative estimate of drug-likeness (QED) is 0.498. The van der Waals surface area contributed by atoms with Gasteiger partial charge < -0.3 is 14.6 Å². The lowest BCUT2D eigenvalue weighted by Gasteiger charge is -2.10. The minimum absolute atomic E-state index is 0.0725. The number of rotatable bonds is 7. The highest BCUT2D eigenvalue weighted by Gasteiger charge is 2.12. The van der Waals surface area contributed by atoms with Gasteiger partial charge in [0.2, 0.25) is 5.91 Å². The molecule has 0 radical (unpaired) electrons. The van der Waals surface area contributed by atoms with Crippen LogP contribution in [0.5, 0.6) is 5.75 Å². The van der Waals surface area contributed by atoms with Crippen molar-refractivity contribution in [3.05, 3.63) is 82.9 Å². The molecule has 0 saturated carbocycles. The van der Waals surface area contributed by atoms with Crippen LogP contribution in [0, 0.1) is 0 Å². The molecule has 0 spiro atoms. The Labute approximate surface area is 179 Å². The molecule has 7 heteroatoms. The summed E-state index contributed by atoms with van der Waals surface area (Å²) >= 11 is 0. The van der Waals surface area contributed by atoms with Gasteiger partial charge in [0.25, 0.3) is 5.56 Å². The fourth-order valence-corrected chi connectivity index (χ4v) is 3.48. The van der Waals surface area contributed by atoms with Crippen LogP contribution in [0.15, 0.2) is 71.8 Å². The van der Waals surface area contributed by atoms with Gasteiger partial charge >= 0.3 is 0 Å². The fraction of sp³-hybridized carbons (Fsp3) is 0.208. The molecule has 0 saturated heterocycles. The van der Waals surface area contributed by atoms with Crippen molar-refractivity contribution in [2.75, 3.05) is 11.9 Å². The van der Waals surface area contributed by atoms with Gasteiger partial charge in [-0.2, -0.15) is 5.10 Å². The molecule has 2 heterocycles. The van der Waals surface area contributed by atoms with Crippen LogP contribution in [0.1, 0.15) is 19.4 Å². The van der Waals surface area contributed by atoms with E-state index in [1.54, 1.807) is 18.5 Å². The van der Waals surface area contributed by atoms with E-state index in [1.807, 2.05) is 62.4 Å². The molecule has 0 aliphatic heterocycles. The Morgan fingerprint density at radius 2 is 1.84 bits per heavy atom. The van der Waals surface area contributed by atoms with Crippen molar-refractivity contribution >= 4 is 17.1 Å². The Kier molecular flexibility index (Phi) is 5.84. The number of nitrogens with one attached hydrogen (secondary N) is 1. The minimum Gasteiger partial charge on any atom is -0.494 e. The highest BCUT2D eigenvalue weighted by atomic mass is 16.5. The number of ether oxygens (including phenoxy) is 1. The molecule has 0 atom stereocenters. The summed E-state index contributed by atoms with van der Waals surface area (Å²) in [7, 11) is 0. The van der Waals surface area contributed by atoms with Gasteiger partial charge in [-0.15, -0.1) is 0 Å². The van der Waals surface area contributed by atoms with E-state index >= 15 is 0 Å². The van der Waals surface area contributed by atoms with Gasteiger partial charge in [-0.1, -0.05) is 25.1 Å². The molecule has 4 rings (SSSR count). The highest BCUT2D eigenvalue weighted by Crippen LogP contribution is 2.22. The number of benzene rings is 2. The lowest BCUT2D eigenvalue weighted by atomic mass is 10.1. The van der Waals surface area contributed by atoms with Gasteiger partial charge in [-0.25, -0.2) is 4.52 Å². The van der Waals surface area contributed by atoms with Crippen LogP contribution in [-0.4, -0.2) is 26.7 Å². The molecule has 0 fully saturated rings. The number of carbonyl (C=O) groups is 1. The predicted octanol–water partition coefficient (Wildman–Crippen LogP) is 3.76. The summed E-state index contributed by atoms with van der Waals surface area (Å²) < 4.78 is 8.40. The maximum absolute atomic E-state index is 12.9. The molecule has 0 aliphatic carbocycles. The molecular formula is C24H24N4O3. The van der Waals surface area contributed by atoms with Crippen LogP contribution in [0.3, 0.4) is 0 Å². The monoisotopic (exact) mass is 416 g/mol.